The van der Waals surface area contributed by atoms with Gasteiger partial charge in [-0.05, 0) is 62.0 Å². The molecule has 2 fully saturated rings. The van der Waals surface area contributed by atoms with E-state index in [0.29, 0.717) is 12.2 Å². The lowest BCUT2D eigenvalue weighted by molar-refractivity contribution is 0.288. The van der Waals surface area contributed by atoms with Gasteiger partial charge in [-0.25, -0.2) is 4.39 Å². The van der Waals surface area contributed by atoms with E-state index >= 15 is 0 Å². The van der Waals surface area contributed by atoms with Crippen LogP contribution in [0.3, 0.4) is 0 Å². The second kappa shape index (κ2) is 13.7. The lowest BCUT2D eigenvalue weighted by Crippen LogP contribution is -2.21. The first-order valence-corrected chi connectivity index (χ1v) is 16.2. The summed E-state index contributed by atoms with van der Waals surface area (Å²) in [6, 6.07) is 8.18. The van der Waals surface area contributed by atoms with Crippen molar-refractivity contribution in [2.24, 2.45) is 11.8 Å². The molecule has 0 radical (unpaired) electrons. The molecule has 3 rings (SSSR count). The summed E-state index contributed by atoms with van der Waals surface area (Å²) in [7, 11) is -0.364. The molecule has 0 spiro atoms. The Balaban J connectivity index is 1.30. The Morgan fingerprint density at radius 3 is 2.09 bits per heavy atom. The molecule has 1 saturated heterocycles. The number of benzene rings is 1. The number of hydrogen-bond acceptors (Lipinski definition) is 1. The molecule has 1 aliphatic heterocycles. The van der Waals surface area contributed by atoms with E-state index in [9.17, 15) is 8.78 Å². The molecule has 1 nitrogen and oxygen atoms in total. The van der Waals surface area contributed by atoms with Gasteiger partial charge in [-0.15, -0.1) is 0 Å². The Kier molecular flexibility index (Phi) is 11.0. The standard InChI is InChI=1S/C28H46F2OSi/c1-3-5-8-19-32-20-17-23(18-21-32)10-7-6-9-22-11-13-24(14-12-22)25-15-16-26(31-4-2)28(30)27(25)29/h15-16,22-24,32H,3-14,17-21H2,1-2H3/t22-,23-,24-,32-. The van der Waals surface area contributed by atoms with Crippen LogP contribution in [0.2, 0.25) is 18.1 Å². The number of unbranched alkanes of at least 4 members (excludes halogenated alkanes) is 3. The summed E-state index contributed by atoms with van der Waals surface area (Å²) in [5.41, 5.74) is 0.554. The summed E-state index contributed by atoms with van der Waals surface area (Å²) in [5, 5.41) is 0. The van der Waals surface area contributed by atoms with Crippen molar-refractivity contribution < 1.29 is 13.5 Å². The van der Waals surface area contributed by atoms with E-state index in [2.05, 4.69) is 6.92 Å². The van der Waals surface area contributed by atoms with E-state index in [1.165, 1.54) is 57.8 Å². The predicted octanol–water partition coefficient (Wildman–Crippen LogP) is 9.03. The summed E-state index contributed by atoms with van der Waals surface area (Å²) in [5.74, 6) is 0.483. The molecule has 0 unspecified atom stereocenters. The summed E-state index contributed by atoms with van der Waals surface area (Å²) >= 11 is 0. The van der Waals surface area contributed by atoms with Crippen LogP contribution >= 0.6 is 0 Å². The van der Waals surface area contributed by atoms with Gasteiger partial charge in [-0.3, -0.25) is 0 Å². The van der Waals surface area contributed by atoms with Crippen LogP contribution in [0.15, 0.2) is 12.1 Å². The predicted molar refractivity (Wildman–Crippen MR) is 135 cm³/mol. The highest BCUT2D eigenvalue weighted by Crippen LogP contribution is 2.40. The minimum Gasteiger partial charge on any atom is -0.491 e. The third kappa shape index (κ3) is 7.57. The van der Waals surface area contributed by atoms with Crippen LogP contribution in [0.1, 0.15) is 109 Å². The van der Waals surface area contributed by atoms with E-state index in [-0.39, 0.29) is 20.5 Å². The minimum atomic E-state index is -0.816. The maximum Gasteiger partial charge on any atom is 0.200 e. The van der Waals surface area contributed by atoms with Crippen molar-refractivity contribution in [3.63, 3.8) is 0 Å². The van der Waals surface area contributed by atoms with Crippen LogP contribution in [0.4, 0.5) is 8.78 Å². The molecule has 1 heterocycles. The third-order valence-corrected chi connectivity index (χ3v) is 11.8. The smallest absolute Gasteiger partial charge is 0.200 e. The second-order valence-corrected chi connectivity index (χ2v) is 14.1. The molecule has 4 heteroatoms. The highest BCUT2D eigenvalue weighted by atomic mass is 28.3. The van der Waals surface area contributed by atoms with Crippen molar-refractivity contribution in [2.45, 2.75) is 121 Å². The molecule has 0 atom stereocenters. The van der Waals surface area contributed by atoms with E-state index in [1.54, 1.807) is 37.2 Å². The maximum atomic E-state index is 14.5. The number of ether oxygens (including phenoxy) is 1. The third-order valence-electron chi connectivity index (χ3n) is 8.32. The first kappa shape index (κ1) is 25.7. The lowest BCUT2D eigenvalue weighted by atomic mass is 9.76. The van der Waals surface area contributed by atoms with Crippen LogP contribution < -0.4 is 4.74 Å². The highest BCUT2D eigenvalue weighted by Gasteiger charge is 2.27. The lowest BCUT2D eigenvalue weighted by Gasteiger charge is -2.30. The molecule has 1 aliphatic carbocycles. The molecule has 0 aromatic heterocycles. The average Bonchev–Trinajstić information content (AvgIpc) is 2.82. The molecule has 0 amide bonds. The fourth-order valence-corrected chi connectivity index (χ4v) is 9.87. The monoisotopic (exact) mass is 464 g/mol. The van der Waals surface area contributed by atoms with Gasteiger partial charge in [0.1, 0.15) is 0 Å². The van der Waals surface area contributed by atoms with Crippen LogP contribution in [-0.2, 0) is 0 Å². The summed E-state index contributed by atoms with van der Waals surface area (Å²) in [6.07, 6.45) is 17.2. The topological polar surface area (TPSA) is 9.23 Å². The van der Waals surface area contributed by atoms with Crippen molar-refractivity contribution >= 4 is 8.80 Å². The Bertz CT molecular complexity index is 664. The molecule has 1 saturated carbocycles. The SMILES string of the molecule is CCCCC[Si@H]1CC[C@H](CCCC[C@H]2CC[C@H](c3ccc(OCC)c(F)c3F)CC2)CC1. The van der Waals surface area contributed by atoms with Gasteiger partial charge in [0.25, 0.3) is 0 Å². The Morgan fingerprint density at radius 2 is 1.47 bits per heavy atom. The molecule has 0 bridgehead atoms. The molecule has 2 aliphatic rings. The van der Waals surface area contributed by atoms with E-state index in [1.807, 2.05) is 0 Å². The highest BCUT2D eigenvalue weighted by molar-refractivity contribution is 6.58. The molecular weight excluding hydrogens is 418 g/mol. The number of halogens is 2. The van der Waals surface area contributed by atoms with Crippen LogP contribution in [0.5, 0.6) is 5.75 Å². The second-order valence-electron chi connectivity index (χ2n) is 10.6. The van der Waals surface area contributed by atoms with Crippen molar-refractivity contribution in [1.82, 2.24) is 0 Å². The van der Waals surface area contributed by atoms with Crippen LogP contribution in [0.25, 0.3) is 0 Å². The number of hydrogen-bond donors (Lipinski definition) is 0. The van der Waals surface area contributed by atoms with E-state index < -0.39 is 11.6 Å². The first-order valence-electron chi connectivity index (χ1n) is 13.7. The normalized spacial score (nSPS) is 26.2. The quantitative estimate of drug-likeness (QED) is 0.221. The van der Waals surface area contributed by atoms with Crippen molar-refractivity contribution in [3.05, 3.63) is 29.3 Å². The van der Waals surface area contributed by atoms with Gasteiger partial charge >= 0.3 is 0 Å². The fourth-order valence-electron chi connectivity index (χ4n) is 6.25. The van der Waals surface area contributed by atoms with Gasteiger partial charge < -0.3 is 4.74 Å². The molecule has 1 aromatic carbocycles. The molecule has 182 valence electrons. The van der Waals surface area contributed by atoms with Gasteiger partial charge in [-0.2, -0.15) is 4.39 Å². The van der Waals surface area contributed by atoms with Gasteiger partial charge in [0, 0.05) is 8.80 Å². The van der Waals surface area contributed by atoms with Gasteiger partial charge in [0.05, 0.1) is 6.61 Å². The van der Waals surface area contributed by atoms with Crippen LogP contribution in [0, 0.1) is 23.5 Å². The summed E-state index contributed by atoms with van der Waals surface area (Å²) < 4.78 is 34.0. The zero-order chi connectivity index (χ0) is 22.8. The van der Waals surface area contributed by atoms with Gasteiger partial charge in [0.15, 0.2) is 11.6 Å². The Hall–Kier alpha value is -0.903. The average molecular weight is 465 g/mol. The van der Waals surface area contributed by atoms with Gasteiger partial charge in [0.2, 0.25) is 5.82 Å². The molecule has 1 aromatic rings. The zero-order valence-electron chi connectivity index (χ0n) is 20.6. The summed E-state index contributed by atoms with van der Waals surface area (Å²) in [6.45, 7) is 4.45. The molecule has 0 N–H and O–H groups in total. The first-order chi connectivity index (χ1) is 15.6. The van der Waals surface area contributed by atoms with E-state index in [4.69, 9.17) is 4.74 Å². The van der Waals surface area contributed by atoms with Crippen molar-refractivity contribution in [1.29, 1.82) is 0 Å². The molecular formula is C28H46F2OSi. The van der Waals surface area contributed by atoms with Crippen molar-refractivity contribution in [3.8, 4) is 5.75 Å². The van der Waals surface area contributed by atoms with E-state index in [0.717, 1.165) is 37.5 Å². The van der Waals surface area contributed by atoms with Crippen LogP contribution in [-0.4, -0.2) is 15.4 Å². The number of rotatable bonds is 12. The maximum absolute atomic E-state index is 14.5. The Morgan fingerprint density at radius 1 is 0.812 bits per heavy atom. The zero-order valence-corrected chi connectivity index (χ0v) is 21.8. The largest absolute Gasteiger partial charge is 0.491 e. The fraction of sp³-hybridized carbons (Fsp3) is 0.786. The summed E-state index contributed by atoms with van der Waals surface area (Å²) in [4.78, 5) is 0. The van der Waals surface area contributed by atoms with Gasteiger partial charge in [-0.1, -0.05) is 88.9 Å². The Labute approximate surface area is 197 Å². The molecule has 32 heavy (non-hydrogen) atoms. The van der Waals surface area contributed by atoms with Crippen molar-refractivity contribution in [2.75, 3.05) is 6.61 Å². The minimum absolute atomic E-state index is 0.0368.